The van der Waals surface area contributed by atoms with Crippen LogP contribution in [0.2, 0.25) is 0 Å². The zero-order valence-corrected chi connectivity index (χ0v) is 30.9. The summed E-state index contributed by atoms with van der Waals surface area (Å²) in [5, 5.41) is 12.5. The Morgan fingerprint density at radius 3 is 2.35 bits per heavy atom. The molecule has 2 aliphatic rings. The summed E-state index contributed by atoms with van der Waals surface area (Å²) >= 11 is 0. The Labute approximate surface area is 314 Å². The smallest absolute Gasteiger partial charge is 0.326 e. The van der Waals surface area contributed by atoms with Gasteiger partial charge in [0.15, 0.2) is 12.4 Å². The number of nitrogens with zero attached hydrogens (tertiary/aromatic N) is 2. The summed E-state index contributed by atoms with van der Waals surface area (Å²) < 4.78 is 20.4. The van der Waals surface area contributed by atoms with Crippen molar-refractivity contribution in [3.05, 3.63) is 130 Å². The Bertz CT molecular complexity index is 2120. The van der Waals surface area contributed by atoms with Crippen molar-refractivity contribution in [3.8, 4) is 11.1 Å². The lowest BCUT2D eigenvalue weighted by Crippen LogP contribution is -2.47. The first-order chi connectivity index (χ1) is 26.2. The molecule has 0 bridgehead atoms. The molecular weight excluding hydrogens is 684 g/mol. The summed E-state index contributed by atoms with van der Waals surface area (Å²) in [7, 11) is 0. The van der Waals surface area contributed by atoms with E-state index in [1.165, 1.54) is 6.92 Å². The lowest BCUT2D eigenvalue weighted by Gasteiger charge is -2.44. The molecule has 0 unspecified atom stereocenters. The summed E-state index contributed by atoms with van der Waals surface area (Å²) in [5.41, 5.74) is 7.50. The Kier molecular flexibility index (Phi) is 11.4. The van der Waals surface area contributed by atoms with E-state index in [0.717, 1.165) is 76.9 Å². The Balaban J connectivity index is 1.05. The molecule has 0 spiro atoms. The van der Waals surface area contributed by atoms with Crippen molar-refractivity contribution in [1.29, 1.82) is 0 Å². The minimum Gasteiger partial charge on any atom is -0.453 e. The number of hydrogen-bond acceptors (Lipinski definition) is 8. The number of H-pyrrole nitrogens is 1. The van der Waals surface area contributed by atoms with Crippen LogP contribution in [-0.4, -0.2) is 63.3 Å². The van der Waals surface area contributed by atoms with Gasteiger partial charge in [-0.15, -0.1) is 0 Å². The molecule has 0 saturated carbocycles. The number of aliphatic hydroxyl groups is 1. The molecule has 54 heavy (non-hydrogen) atoms. The third-order valence-corrected chi connectivity index (χ3v) is 10.7. The van der Waals surface area contributed by atoms with Gasteiger partial charge in [0.2, 0.25) is 0 Å². The number of piperidine rings is 1. The molecule has 5 aromatic rings. The molecule has 0 radical (unpaired) electrons. The number of amides is 1. The van der Waals surface area contributed by atoms with Crippen molar-refractivity contribution in [2.24, 2.45) is 5.92 Å². The van der Waals surface area contributed by atoms with E-state index in [9.17, 15) is 19.5 Å². The molecule has 7 rings (SSSR count). The third-order valence-electron chi connectivity index (χ3n) is 10.7. The van der Waals surface area contributed by atoms with Gasteiger partial charge in [-0.25, -0.2) is 4.79 Å². The van der Waals surface area contributed by atoms with Crippen LogP contribution in [0.3, 0.4) is 0 Å². The predicted octanol–water partition coefficient (Wildman–Crippen LogP) is 6.19. The number of carbonyl (C=O) groups is 2. The van der Waals surface area contributed by atoms with Crippen LogP contribution >= 0.6 is 0 Å². The quantitative estimate of drug-likeness (QED) is 0.137. The first-order valence-electron chi connectivity index (χ1n) is 18.7. The molecule has 11 nitrogen and oxygen atoms in total. The van der Waals surface area contributed by atoms with E-state index in [2.05, 4.69) is 34.3 Å². The number of rotatable bonds is 11. The first kappa shape index (κ1) is 37.3. The number of aromatic amines is 1. The van der Waals surface area contributed by atoms with Crippen LogP contribution in [0.4, 0.5) is 0 Å². The summed E-state index contributed by atoms with van der Waals surface area (Å²) in [5.74, 6) is -0.800. The van der Waals surface area contributed by atoms with Crippen molar-refractivity contribution in [3.63, 3.8) is 0 Å². The number of aromatic nitrogens is 2. The van der Waals surface area contributed by atoms with Gasteiger partial charge >= 0.3 is 11.7 Å². The summed E-state index contributed by atoms with van der Waals surface area (Å²) in [6, 6.07) is 32.1. The number of benzene rings is 4. The van der Waals surface area contributed by atoms with Gasteiger partial charge < -0.3 is 34.5 Å². The highest BCUT2D eigenvalue weighted by Crippen LogP contribution is 2.42. The molecule has 2 aliphatic heterocycles. The molecule has 1 aromatic heterocycles. The summed E-state index contributed by atoms with van der Waals surface area (Å²) in [6.45, 7) is 7.74. The molecular formula is C43H48N4O7. The molecule has 3 heterocycles. The van der Waals surface area contributed by atoms with Gasteiger partial charge in [0.1, 0.15) is 0 Å². The van der Waals surface area contributed by atoms with Gasteiger partial charge in [-0.3, -0.25) is 14.2 Å². The average Bonchev–Trinajstić information content (AvgIpc) is 3.53. The van der Waals surface area contributed by atoms with E-state index in [1.54, 1.807) is 6.92 Å². The van der Waals surface area contributed by atoms with Crippen LogP contribution in [0.25, 0.3) is 22.2 Å². The van der Waals surface area contributed by atoms with Crippen molar-refractivity contribution < 1.29 is 28.9 Å². The van der Waals surface area contributed by atoms with Crippen LogP contribution < -0.4 is 11.0 Å². The van der Waals surface area contributed by atoms with E-state index < -0.39 is 18.4 Å². The number of nitrogens with one attached hydrogen (secondary N) is 2. The number of aliphatic hydroxyl groups excluding tert-OH is 1. The lowest BCUT2D eigenvalue weighted by atomic mass is 9.89. The maximum atomic E-state index is 12.9. The van der Waals surface area contributed by atoms with Crippen molar-refractivity contribution in [1.82, 2.24) is 19.8 Å². The second kappa shape index (κ2) is 16.5. The molecule has 0 aliphatic carbocycles. The first-order valence-corrected chi connectivity index (χ1v) is 18.7. The van der Waals surface area contributed by atoms with E-state index in [4.69, 9.17) is 14.2 Å². The largest absolute Gasteiger partial charge is 0.453 e. The number of carbonyl (C=O) groups excluding carboxylic acids is 2. The molecule has 282 valence electrons. The normalized spacial score (nSPS) is 21.5. The monoisotopic (exact) mass is 732 g/mol. The van der Waals surface area contributed by atoms with E-state index in [0.29, 0.717) is 6.54 Å². The van der Waals surface area contributed by atoms with E-state index in [-0.39, 0.29) is 42.4 Å². The van der Waals surface area contributed by atoms with Crippen molar-refractivity contribution in [2.75, 3.05) is 19.6 Å². The second-order valence-corrected chi connectivity index (χ2v) is 14.5. The van der Waals surface area contributed by atoms with Gasteiger partial charge in [0.05, 0.1) is 29.8 Å². The second-order valence-electron chi connectivity index (χ2n) is 14.5. The van der Waals surface area contributed by atoms with Crippen molar-refractivity contribution >= 4 is 22.9 Å². The van der Waals surface area contributed by atoms with Crippen LogP contribution in [-0.2, 0) is 37.0 Å². The molecule has 5 atom stereocenters. The highest BCUT2D eigenvalue weighted by atomic mass is 16.7. The average molecular weight is 733 g/mol. The minimum atomic E-state index is -0.861. The van der Waals surface area contributed by atoms with Gasteiger partial charge in [0.25, 0.3) is 5.91 Å². The minimum absolute atomic E-state index is 0.0183. The zero-order valence-electron chi connectivity index (χ0n) is 30.9. The standard InChI is InChI=1S/C43H48N4O7/c1-27-39(25-46-21-19-36(20-22-46)47-38-10-5-4-9-37(38)45-43(47)51)53-42(54-40(27)33-13-11-30(26-48)12-14-33)34-17-15-32(16-18-34)35-8-6-7-31(23-35)24-44-41(50)28(2)52-29(3)49/h4-18,23,27-28,36,39-40,42,48H,19-22,24-26H2,1-3H3,(H,44,50)(H,45,51)/t27-,28-,39+,40+,42+/m0/s1. The molecule has 2 fully saturated rings. The van der Waals surface area contributed by atoms with E-state index in [1.807, 2.05) is 89.5 Å². The third kappa shape index (κ3) is 8.34. The number of ether oxygens (including phenoxy) is 3. The number of likely N-dealkylation sites (tertiary alicyclic amines) is 1. The van der Waals surface area contributed by atoms with Gasteiger partial charge in [-0.2, -0.15) is 0 Å². The molecule has 4 aromatic carbocycles. The Morgan fingerprint density at radius 1 is 0.907 bits per heavy atom. The number of para-hydroxylation sites is 2. The van der Waals surface area contributed by atoms with Crippen LogP contribution in [0.15, 0.2) is 102 Å². The highest BCUT2D eigenvalue weighted by Gasteiger charge is 2.39. The molecule has 1 amide bonds. The number of hydrogen-bond donors (Lipinski definition) is 3. The van der Waals surface area contributed by atoms with Crippen molar-refractivity contribution in [2.45, 2.75) is 77.4 Å². The van der Waals surface area contributed by atoms with Gasteiger partial charge in [-0.05, 0) is 65.8 Å². The van der Waals surface area contributed by atoms with Crippen LogP contribution in [0.5, 0.6) is 0 Å². The van der Waals surface area contributed by atoms with E-state index >= 15 is 0 Å². The fraction of sp³-hybridized carbons (Fsp3) is 0.372. The number of imidazole rings is 1. The van der Waals surface area contributed by atoms with Gasteiger partial charge in [-0.1, -0.05) is 85.8 Å². The molecule has 3 N–H and O–H groups in total. The fourth-order valence-electron chi connectivity index (χ4n) is 7.71. The molecule has 2 saturated heterocycles. The fourth-order valence-corrected chi connectivity index (χ4v) is 7.71. The van der Waals surface area contributed by atoms with Crippen LogP contribution in [0.1, 0.15) is 74.3 Å². The maximum absolute atomic E-state index is 12.9. The van der Waals surface area contributed by atoms with Crippen LogP contribution in [0, 0.1) is 5.92 Å². The van der Waals surface area contributed by atoms with Gasteiger partial charge in [0, 0.05) is 50.6 Å². The zero-order chi connectivity index (χ0) is 37.8. The number of fused-ring (bicyclic) bond motifs is 1. The Morgan fingerprint density at radius 2 is 1.63 bits per heavy atom. The lowest BCUT2D eigenvalue weighted by molar-refractivity contribution is -0.276. The summed E-state index contributed by atoms with van der Waals surface area (Å²) in [6.07, 6.45) is -0.0484. The summed E-state index contributed by atoms with van der Waals surface area (Å²) in [4.78, 5) is 41.9. The maximum Gasteiger partial charge on any atom is 0.326 e. The SMILES string of the molecule is CC(=O)O[C@@H](C)C(=O)NCc1cccc(-c2ccc([C@@H]3O[C@H](CN4CCC(n5c(=O)[nH]c6ccccc65)CC4)[C@H](C)[C@H](c4ccc(CO)cc4)O3)cc2)c1. The number of esters is 1. The predicted molar refractivity (Wildman–Crippen MR) is 205 cm³/mol. The Hall–Kier alpha value is -5.07. The molecule has 11 heteroatoms. The topological polar surface area (TPSA) is 135 Å². The highest BCUT2D eigenvalue weighted by molar-refractivity contribution is 5.83.